The molecule has 1 aromatic rings. The number of benzene rings is 1. The van der Waals surface area contributed by atoms with Gasteiger partial charge in [-0.2, -0.15) is 4.31 Å². The van der Waals surface area contributed by atoms with E-state index >= 15 is 0 Å². The normalized spacial score (nSPS) is 11.6. The zero-order chi connectivity index (χ0) is 12.9. The van der Waals surface area contributed by atoms with E-state index in [2.05, 4.69) is 0 Å². The lowest BCUT2D eigenvalue weighted by molar-refractivity contribution is -0.305. The number of carboxylic acids is 1. The van der Waals surface area contributed by atoms with Crippen LogP contribution in [0.2, 0.25) is 0 Å². The van der Waals surface area contributed by atoms with Gasteiger partial charge in [0.05, 0.1) is 6.26 Å². The van der Waals surface area contributed by atoms with Crippen molar-refractivity contribution < 1.29 is 18.3 Å². The molecule has 0 unspecified atom stereocenters. The van der Waals surface area contributed by atoms with Gasteiger partial charge in [-0.25, -0.2) is 8.42 Å². The molecule has 94 valence electrons. The molecule has 0 fully saturated rings. The zero-order valence-corrected chi connectivity index (χ0v) is 10.3. The Morgan fingerprint density at radius 2 is 1.88 bits per heavy atom. The number of aliphatic carboxylic acids is 1. The summed E-state index contributed by atoms with van der Waals surface area (Å²) in [7, 11) is -3.42. The van der Waals surface area contributed by atoms with Gasteiger partial charge in [-0.05, 0) is 5.56 Å². The summed E-state index contributed by atoms with van der Waals surface area (Å²) < 4.78 is 24.0. The first-order valence-corrected chi connectivity index (χ1v) is 6.93. The van der Waals surface area contributed by atoms with E-state index in [4.69, 9.17) is 0 Å². The summed E-state index contributed by atoms with van der Waals surface area (Å²) in [5.41, 5.74) is 0.816. The van der Waals surface area contributed by atoms with E-state index in [1.54, 1.807) is 24.3 Å². The van der Waals surface area contributed by atoms with Crippen molar-refractivity contribution in [2.45, 2.75) is 13.0 Å². The minimum atomic E-state index is -3.42. The van der Waals surface area contributed by atoms with Crippen molar-refractivity contribution >= 4 is 16.0 Å². The molecule has 1 aromatic carbocycles. The van der Waals surface area contributed by atoms with Crippen molar-refractivity contribution in [3.05, 3.63) is 35.9 Å². The van der Waals surface area contributed by atoms with Crippen molar-refractivity contribution in [3.63, 3.8) is 0 Å². The van der Waals surface area contributed by atoms with Gasteiger partial charge in [0.1, 0.15) is 0 Å². The average molecular weight is 256 g/mol. The fourth-order valence-corrected chi connectivity index (χ4v) is 2.17. The van der Waals surface area contributed by atoms with Gasteiger partial charge in [0.25, 0.3) is 0 Å². The number of rotatable bonds is 6. The van der Waals surface area contributed by atoms with Crippen molar-refractivity contribution in [1.82, 2.24) is 4.31 Å². The van der Waals surface area contributed by atoms with Crippen LogP contribution >= 0.6 is 0 Å². The second-order valence-corrected chi connectivity index (χ2v) is 5.69. The molecule has 0 radical (unpaired) electrons. The molecule has 0 bridgehead atoms. The molecule has 1 rings (SSSR count). The zero-order valence-electron chi connectivity index (χ0n) is 9.50. The summed E-state index contributed by atoms with van der Waals surface area (Å²) in [5.74, 6) is -1.26. The van der Waals surface area contributed by atoms with E-state index in [0.29, 0.717) is 0 Å². The van der Waals surface area contributed by atoms with E-state index in [0.717, 1.165) is 16.1 Å². The Bertz CT molecular complexity index is 470. The summed E-state index contributed by atoms with van der Waals surface area (Å²) >= 11 is 0. The Hall–Kier alpha value is -1.40. The molecule has 0 aliphatic rings. The molecule has 0 saturated heterocycles. The molecule has 5 nitrogen and oxygen atoms in total. The lowest BCUT2D eigenvalue weighted by atomic mass is 10.2. The maximum atomic E-state index is 11.5. The molecule has 17 heavy (non-hydrogen) atoms. The largest absolute Gasteiger partial charge is 0.550 e. The van der Waals surface area contributed by atoms with Crippen molar-refractivity contribution in [1.29, 1.82) is 0 Å². The maximum absolute atomic E-state index is 11.5. The van der Waals surface area contributed by atoms with Crippen molar-refractivity contribution in [3.8, 4) is 0 Å². The molecule has 0 aliphatic heterocycles. The van der Waals surface area contributed by atoms with E-state index in [9.17, 15) is 18.3 Å². The topological polar surface area (TPSA) is 77.5 Å². The standard InChI is InChI=1S/C11H15NO4S/c1-17(15,16)12(8-7-11(13)14)9-10-5-3-2-4-6-10/h2-6H,7-9H2,1H3,(H,13,14)/p-1. The summed E-state index contributed by atoms with van der Waals surface area (Å²) in [5, 5.41) is 10.4. The van der Waals surface area contributed by atoms with Crippen LogP contribution in [-0.2, 0) is 21.4 Å². The quantitative estimate of drug-likeness (QED) is 0.693. The van der Waals surface area contributed by atoms with Crippen LogP contribution in [0.1, 0.15) is 12.0 Å². The summed E-state index contributed by atoms with van der Waals surface area (Å²) in [4.78, 5) is 10.4. The van der Waals surface area contributed by atoms with Crippen LogP contribution in [0.25, 0.3) is 0 Å². The number of hydrogen-bond donors (Lipinski definition) is 0. The van der Waals surface area contributed by atoms with Crippen LogP contribution < -0.4 is 5.11 Å². The SMILES string of the molecule is CS(=O)(=O)N(CCC(=O)[O-])Cc1ccccc1. The number of carboxylic acid groups (broad SMARTS) is 1. The first kappa shape index (κ1) is 13.7. The van der Waals surface area contributed by atoms with Gasteiger partial charge in [0.15, 0.2) is 0 Å². The van der Waals surface area contributed by atoms with E-state index in [1.165, 1.54) is 0 Å². The molecule has 0 aromatic heterocycles. The summed E-state index contributed by atoms with van der Waals surface area (Å²) in [6.07, 6.45) is 0.755. The van der Waals surface area contributed by atoms with Crippen LogP contribution in [0.15, 0.2) is 30.3 Å². The first-order chi connectivity index (χ1) is 7.89. The third-order valence-corrected chi connectivity index (χ3v) is 3.49. The maximum Gasteiger partial charge on any atom is 0.211 e. The first-order valence-electron chi connectivity index (χ1n) is 5.08. The van der Waals surface area contributed by atoms with Crippen LogP contribution in [-0.4, -0.2) is 31.5 Å². The third kappa shape index (κ3) is 4.97. The smallest absolute Gasteiger partial charge is 0.211 e. The molecule has 0 spiro atoms. The van der Waals surface area contributed by atoms with Gasteiger partial charge in [0, 0.05) is 25.5 Å². The number of carbonyl (C=O) groups is 1. The molecule has 0 atom stereocenters. The van der Waals surface area contributed by atoms with E-state index in [1.807, 2.05) is 6.07 Å². The minimum absolute atomic E-state index is 0.0734. The molecule has 0 heterocycles. The van der Waals surface area contributed by atoms with Crippen molar-refractivity contribution in [2.24, 2.45) is 0 Å². The van der Waals surface area contributed by atoms with Crippen LogP contribution in [0.3, 0.4) is 0 Å². The van der Waals surface area contributed by atoms with Crippen molar-refractivity contribution in [2.75, 3.05) is 12.8 Å². The minimum Gasteiger partial charge on any atom is -0.550 e. The fraction of sp³-hybridized carbons (Fsp3) is 0.364. The van der Waals surface area contributed by atoms with E-state index in [-0.39, 0.29) is 19.5 Å². The Labute approximate surface area is 101 Å². The lowest BCUT2D eigenvalue weighted by Gasteiger charge is -2.20. The lowest BCUT2D eigenvalue weighted by Crippen LogP contribution is -2.34. The highest BCUT2D eigenvalue weighted by Gasteiger charge is 2.16. The second kappa shape index (κ2) is 5.79. The molecule has 0 saturated carbocycles. The molecular weight excluding hydrogens is 242 g/mol. The second-order valence-electron chi connectivity index (χ2n) is 3.70. The van der Waals surface area contributed by atoms with Gasteiger partial charge in [-0.3, -0.25) is 0 Å². The van der Waals surface area contributed by atoms with Crippen LogP contribution in [0, 0.1) is 0 Å². The molecule has 0 N–H and O–H groups in total. The average Bonchev–Trinajstić information content (AvgIpc) is 2.23. The third-order valence-electron chi connectivity index (χ3n) is 2.24. The fourth-order valence-electron chi connectivity index (χ4n) is 1.37. The molecule has 0 amide bonds. The van der Waals surface area contributed by atoms with Gasteiger partial charge in [-0.15, -0.1) is 0 Å². The number of sulfonamides is 1. The Morgan fingerprint density at radius 3 is 2.35 bits per heavy atom. The monoisotopic (exact) mass is 256 g/mol. The Morgan fingerprint density at radius 1 is 1.29 bits per heavy atom. The number of hydrogen-bond acceptors (Lipinski definition) is 4. The highest BCUT2D eigenvalue weighted by Crippen LogP contribution is 2.08. The van der Waals surface area contributed by atoms with Crippen LogP contribution in [0.4, 0.5) is 0 Å². The Balaban J connectivity index is 2.75. The highest BCUT2D eigenvalue weighted by atomic mass is 32.2. The van der Waals surface area contributed by atoms with Gasteiger partial charge < -0.3 is 9.90 Å². The predicted octanol–water partition coefficient (Wildman–Crippen LogP) is -0.412. The predicted molar refractivity (Wildman–Crippen MR) is 61.3 cm³/mol. The van der Waals surface area contributed by atoms with E-state index < -0.39 is 16.0 Å². The van der Waals surface area contributed by atoms with Gasteiger partial charge >= 0.3 is 0 Å². The number of carbonyl (C=O) groups excluding carboxylic acids is 1. The summed E-state index contributed by atoms with van der Waals surface area (Å²) in [6, 6.07) is 9.01. The molecule has 6 heteroatoms. The van der Waals surface area contributed by atoms with Crippen LogP contribution in [0.5, 0.6) is 0 Å². The molecular formula is C11H14NO4S-. The van der Waals surface area contributed by atoms with Gasteiger partial charge in [0.2, 0.25) is 10.0 Å². The van der Waals surface area contributed by atoms with Gasteiger partial charge in [-0.1, -0.05) is 30.3 Å². The molecule has 0 aliphatic carbocycles. The number of nitrogens with zero attached hydrogens (tertiary/aromatic N) is 1. The Kier molecular flexibility index (Phi) is 4.65. The highest BCUT2D eigenvalue weighted by molar-refractivity contribution is 7.88. The summed E-state index contributed by atoms with van der Waals surface area (Å²) in [6.45, 7) is 0.100.